The van der Waals surface area contributed by atoms with E-state index in [2.05, 4.69) is 31.2 Å². The van der Waals surface area contributed by atoms with Crippen LogP contribution >= 0.6 is 0 Å². The molecule has 0 amide bonds. The second-order valence-electron chi connectivity index (χ2n) is 5.79. The van der Waals surface area contributed by atoms with E-state index < -0.39 is 5.60 Å². The average molecular weight is 216 g/mol. The first-order chi connectivity index (χ1) is 7.67. The van der Waals surface area contributed by atoms with Crippen molar-refractivity contribution in [2.45, 2.75) is 44.6 Å². The zero-order chi connectivity index (χ0) is 11.2. The molecule has 0 spiro atoms. The van der Waals surface area contributed by atoms with E-state index in [1.807, 2.05) is 0 Å². The van der Waals surface area contributed by atoms with Crippen LogP contribution in [0, 0.1) is 18.8 Å². The predicted molar refractivity (Wildman–Crippen MR) is 65.3 cm³/mol. The third-order valence-electron chi connectivity index (χ3n) is 4.70. The van der Waals surface area contributed by atoms with Gasteiger partial charge in [0.05, 0.1) is 5.60 Å². The van der Waals surface area contributed by atoms with Gasteiger partial charge in [-0.2, -0.15) is 0 Å². The highest BCUT2D eigenvalue weighted by atomic mass is 16.3. The van der Waals surface area contributed by atoms with Crippen LogP contribution in [0.15, 0.2) is 24.3 Å². The molecule has 1 aromatic rings. The molecule has 86 valence electrons. The lowest BCUT2D eigenvalue weighted by Crippen LogP contribution is -2.37. The van der Waals surface area contributed by atoms with Crippen LogP contribution in [0.4, 0.5) is 0 Å². The van der Waals surface area contributed by atoms with Gasteiger partial charge in [-0.25, -0.2) is 0 Å². The van der Waals surface area contributed by atoms with E-state index in [9.17, 15) is 5.11 Å². The molecule has 1 aromatic carbocycles. The first-order valence-corrected chi connectivity index (χ1v) is 6.44. The molecule has 1 nitrogen and oxygen atoms in total. The molecule has 1 heteroatoms. The van der Waals surface area contributed by atoms with Gasteiger partial charge in [0.2, 0.25) is 0 Å². The van der Waals surface area contributed by atoms with Crippen molar-refractivity contribution in [3.63, 3.8) is 0 Å². The number of hydrogen-bond acceptors (Lipinski definition) is 1. The molecule has 2 aliphatic rings. The first kappa shape index (κ1) is 10.3. The highest BCUT2D eigenvalue weighted by Crippen LogP contribution is 2.52. The molecule has 16 heavy (non-hydrogen) atoms. The van der Waals surface area contributed by atoms with Crippen LogP contribution in [0.2, 0.25) is 0 Å². The van der Waals surface area contributed by atoms with Crippen LogP contribution in [0.1, 0.15) is 36.8 Å². The predicted octanol–water partition coefficient (Wildman–Crippen LogP) is 3.09. The summed E-state index contributed by atoms with van der Waals surface area (Å²) in [4.78, 5) is 0. The molecular weight excluding hydrogens is 196 g/mol. The lowest BCUT2D eigenvalue weighted by atomic mass is 9.79. The molecule has 3 rings (SSSR count). The van der Waals surface area contributed by atoms with Crippen molar-refractivity contribution in [2.75, 3.05) is 0 Å². The molecule has 3 unspecified atom stereocenters. The van der Waals surface area contributed by atoms with E-state index in [-0.39, 0.29) is 0 Å². The van der Waals surface area contributed by atoms with Crippen molar-refractivity contribution < 1.29 is 5.11 Å². The zero-order valence-electron chi connectivity index (χ0n) is 9.95. The molecular formula is C15H20O. The van der Waals surface area contributed by atoms with E-state index in [0.717, 1.165) is 18.8 Å². The fourth-order valence-corrected chi connectivity index (χ4v) is 3.77. The smallest absolute Gasteiger partial charge is 0.0718 e. The minimum absolute atomic E-state index is 0.394. The van der Waals surface area contributed by atoms with Gasteiger partial charge in [0.15, 0.2) is 0 Å². The Labute approximate surface area is 97.5 Å². The average Bonchev–Trinajstić information content (AvgIpc) is 2.81. The van der Waals surface area contributed by atoms with Gasteiger partial charge in [0.25, 0.3) is 0 Å². The van der Waals surface area contributed by atoms with Crippen molar-refractivity contribution in [1.29, 1.82) is 0 Å². The lowest BCUT2D eigenvalue weighted by Gasteiger charge is -2.33. The Morgan fingerprint density at radius 3 is 2.75 bits per heavy atom. The third kappa shape index (κ3) is 1.58. The molecule has 2 fully saturated rings. The summed E-state index contributed by atoms with van der Waals surface area (Å²) in [6.07, 6.45) is 5.75. The number of benzene rings is 1. The van der Waals surface area contributed by atoms with E-state index in [1.165, 1.54) is 30.4 Å². The first-order valence-electron chi connectivity index (χ1n) is 6.44. The minimum atomic E-state index is -0.394. The molecule has 0 saturated heterocycles. The maximum Gasteiger partial charge on any atom is 0.0718 e. The van der Waals surface area contributed by atoms with Gasteiger partial charge < -0.3 is 5.11 Å². The van der Waals surface area contributed by atoms with Gasteiger partial charge in [0.1, 0.15) is 0 Å². The number of fused-ring (bicyclic) bond motifs is 2. The number of hydrogen-bond donors (Lipinski definition) is 1. The molecule has 2 aliphatic carbocycles. The molecule has 0 heterocycles. The molecule has 2 bridgehead atoms. The second-order valence-corrected chi connectivity index (χ2v) is 5.79. The SMILES string of the molecule is Cc1ccccc1CC1(O)CC2CCC1C2. The maximum absolute atomic E-state index is 10.8. The van der Waals surface area contributed by atoms with E-state index in [0.29, 0.717) is 5.92 Å². The highest BCUT2D eigenvalue weighted by Gasteiger charge is 2.49. The topological polar surface area (TPSA) is 20.2 Å². The second kappa shape index (κ2) is 3.59. The normalized spacial score (nSPS) is 36.9. The molecule has 0 aliphatic heterocycles. The maximum atomic E-state index is 10.8. The quantitative estimate of drug-likeness (QED) is 0.805. The van der Waals surface area contributed by atoms with Crippen LogP contribution in [0.3, 0.4) is 0 Å². The van der Waals surface area contributed by atoms with Crippen molar-refractivity contribution in [1.82, 2.24) is 0 Å². The van der Waals surface area contributed by atoms with Crippen LogP contribution in [0.25, 0.3) is 0 Å². The summed E-state index contributed by atoms with van der Waals surface area (Å²) >= 11 is 0. The Bertz CT molecular complexity index is 398. The summed E-state index contributed by atoms with van der Waals surface area (Å²) < 4.78 is 0. The molecule has 0 radical (unpaired) electrons. The largest absolute Gasteiger partial charge is 0.389 e. The van der Waals surface area contributed by atoms with Crippen molar-refractivity contribution in [3.8, 4) is 0 Å². The highest BCUT2D eigenvalue weighted by molar-refractivity contribution is 5.28. The van der Waals surface area contributed by atoms with Gasteiger partial charge in [-0.15, -0.1) is 0 Å². The monoisotopic (exact) mass is 216 g/mol. The minimum Gasteiger partial charge on any atom is -0.389 e. The van der Waals surface area contributed by atoms with E-state index >= 15 is 0 Å². The summed E-state index contributed by atoms with van der Waals surface area (Å²) in [7, 11) is 0. The van der Waals surface area contributed by atoms with Crippen molar-refractivity contribution >= 4 is 0 Å². The van der Waals surface area contributed by atoms with Gasteiger partial charge in [-0.1, -0.05) is 24.3 Å². The van der Waals surface area contributed by atoms with E-state index in [1.54, 1.807) is 0 Å². The summed E-state index contributed by atoms with van der Waals surface area (Å²) in [5.74, 6) is 1.37. The molecule has 0 aromatic heterocycles. The van der Waals surface area contributed by atoms with Crippen LogP contribution in [0.5, 0.6) is 0 Å². The molecule has 2 saturated carbocycles. The summed E-state index contributed by atoms with van der Waals surface area (Å²) in [5.41, 5.74) is 2.26. The summed E-state index contributed by atoms with van der Waals surface area (Å²) in [6, 6.07) is 8.47. The Balaban J connectivity index is 1.82. The number of aryl methyl sites for hydroxylation is 1. The lowest BCUT2D eigenvalue weighted by molar-refractivity contribution is -0.0126. The Morgan fingerprint density at radius 2 is 2.12 bits per heavy atom. The molecule has 3 atom stereocenters. The Morgan fingerprint density at radius 1 is 1.31 bits per heavy atom. The third-order valence-corrected chi connectivity index (χ3v) is 4.70. The number of aliphatic hydroxyl groups is 1. The van der Waals surface area contributed by atoms with Gasteiger partial charge >= 0.3 is 0 Å². The zero-order valence-corrected chi connectivity index (χ0v) is 9.95. The van der Waals surface area contributed by atoms with Crippen LogP contribution in [-0.2, 0) is 6.42 Å². The van der Waals surface area contributed by atoms with Gasteiger partial charge in [-0.05, 0) is 55.6 Å². The van der Waals surface area contributed by atoms with Crippen molar-refractivity contribution in [2.24, 2.45) is 11.8 Å². The fourth-order valence-electron chi connectivity index (χ4n) is 3.77. The van der Waals surface area contributed by atoms with Crippen LogP contribution < -0.4 is 0 Å². The van der Waals surface area contributed by atoms with Crippen molar-refractivity contribution in [3.05, 3.63) is 35.4 Å². The van der Waals surface area contributed by atoms with Gasteiger partial charge in [-0.3, -0.25) is 0 Å². The van der Waals surface area contributed by atoms with Gasteiger partial charge in [0, 0.05) is 6.42 Å². The fraction of sp³-hybridized carbons (Fsp3) is 0.600. The van der Waals surface area contributed by atoms with Crippen LogP contribution in [-0.4, -0.2) is 10.7 Å². The molecule has 1 N–H and O–H groups in total. The Hall–Kier alpha value is -0.820. The summed E-state index contributed by atoms with van der Waals surface area (Å²) in [6.45, 7) is 2.14. The summed E-state index contributed by atoms with van der Waals surface area (Å²) in [5, 5.41) is 10.8. The Kier molecular flexibility index (Phi) is 2.32. The standard InChI is InChI=1S/C15H20O/c1-11-4-2-3-5-13(11)10-15(16)9-12-6-7-14(15)8-12/h2-5,12,14,16H,6-10H2,1H3. The van der Waals surface area contributed by atoms with E-state index in [4.69, 9.17) is 0 Å². The number of rotatable bonds is 2.